The third-order valence-corrected chi connectivity index (χ3v) is 4.81. The molecule has 0 N–H and O–H groups in total. The van der Waals surface area contributed by atoms with Crippen LogP contribution in [-0.4, -0.2) is 11.6 Å². The van der Waals surface area contributed by atoms with E-state index in [1.54, 1.807) is 18.2 Å². The zero-order valence-corrected chi connectivity index (χ0v) is 12.5. The number of ketones is 2. The van der Waals surface area contributed by atoms with Gasteiger partial charge in [-0.05, 0) is 30.7 Å². The van der Waals surface area contributed by atoms with E-state index >= 15 is 0 Å². The Morgan fingerprint density at radius 1 is 1.05 bits per heavy atom. The average molecular weight is 313 g/mol. The lowest BCUT2D eigenvalue weighted by molar-refractivity contribution is -0.117. The summed E-state index contributed by atoms with van der Waals surface area (Å²) in [5, 5.41) is 0.487. The molecule has 1 atom stereocenters. The Balaban J connectivity index is 2.01. The molecule has 0 aromatic heterocycles. The molecule has 4 rings (SSSR count). The van der Waals surface area contributed by atoms with Crippen molar-refractivity contribution in [3.05, 3.63) is 58.6 Å². The Hall–Kier alpha value is -2.13. The van der Waals surface area contributed by atoms with Crippen LogP contribution in [0.5, 0.6) is 11.5 Å². The maximum Gasteiger partial charge on any atom is 0.177 e. The van der Waals surface area contributed by atoms with E-state index in [0.717, 1.165) is 5.56 Å². The Morgan fingerprint density at radius 3 is 2.64 bits per heavy atom. The van der Waals surface area contributed by atoms with Gasteiger partial charge in [-0.3, -0.25) is 9.59 Å². The molecule has 2 aliphatic rings. The minimum atomic E-state index is -0.816. The lowest BCUT2D eigenvalue weighted by Crippen LogP contribution is -2.32. The number of carbonyl (C=O) groups excluding carboxylic acids is 2. The number of hydrogen-bond acceptors (Lipinski definition) is 3. The molecule has 1 fully saturated rings. The molecular weight excluding hydrogens is 300 g/mol. The third kappa shape index (κ3) is 1.82. The van der Waals surface area contributed by atoms with Gasteiger partial charge in [-0.15, -0.1) is 0 Å². The molecule has 1 unspecified atom stereocenters. The second kappa shape index (κ2) is 4.68. The summed E-state index contributed by atoms with van der Waals surface area (Å²) in [7, 11) is 0. The molecule has 2 aromatic rings. The monoisotopic (exact) mass is 312 g/mol. The summed E-state index contributed by atoms with van der Waals surface area (Å²) in [5.74, 6) is 1.19. The zero-order chi connectivity index (χ0) is 15.3. The number of halogens is 1. The van der Waals surface area contributed by atoms with Crippen molar-refractivity contribution in [2.24, 2.45) is 0 Å². The van der Waals surface area contributed by atoms with Gasteiger partial charge in [-0.1, -0.05) is 29.8 Å². The highest BCUT2D eigenvalue weighted by Gasteiger charge is 2.50. The van der Waals surface area contributed by atoms with Gasteiger partial charge >= 0.3 is 0 Å². The van der Waals surface area contributed by atoms with Crippen molar-refractivity contribution >= 4 is 23.2 Å². The van der Waals surface area contributed by atoms with E-state index in [9.17, 15) is 9.59 Å². The quantitative estimate of drug-likeness (QED) is 0.727. The molecule has 0 amide bonds. The highest BCUT2D eigenvalue weighted by atomic mass is 35.5. The van der Waals surface area contributed by atoms with Crippen LogP contribution in [0.2, 0.25) is 5.02 Å². The summed E-state index contributed by atoms with van der Waals surface area (Å²) in [5.41, 5.74) is 0.445. The summed E-state index contributed by atoms with van der Waals surface area (Å²) in [6.07, 6.45) is 1.19. The first-order valence-electron chi connectivity index (χ1n) is 7.24. The van der Waals surface area contributed by atoms with E-state index in [1.807, 2.05) is 24.3 Å². The number of para-hydroxylation sites is 1. The largest absolute Gasteiger partial charge is 0.456 e. The minimum Gasteiger partial charge on any atom is -0.456 e. The molecule has 3 nitrogen and oxygen atoms in total. The predicted octanol–water partition coefficient (Wildman–Crippen LogP) is 4.32. The Bertz CT molecular complexity index is 812. The highest BCUT2D eigenvalue weighted by Crippen LogP contribution is 2.50. The smallest absolute Gasteiger partial charge is 0.177 e. The van der Waals surface area contributed by atoms with Crippen LogP contribution in [0.15, 0.2) is 42.5 Å². The van der Waals surface area contributed by atoms with Crippen molar-refractivity contribution in [2.75, 3.05) is 0 Å². The summed E-state index contributed by atoms with van der Waals surface area (Å²) >= 11 is 6.06. The van der Waals surface area contributed by atoms with E-state index in [0.29, 0.717) is 34.9 Å². The SMILES string of the molecule is O=C1CCC2(C1)C(=O)c1cc(Cl)ccc1Oc1ccccc12. The Labute approximate surface area is 132 Å². The molecule has 1 aliphatic heterocycles. The first-order valence-corrected chi connectivity index (χ1v) is 7.61. The number of benzene rings is 2. The number of carbonyl (C=O) groups is 2. The second-order valence-electron chi connectivity index (χ2n) is 5.87. The molecule has 2 aromatic carbocycles. The van der Waals surface area contributed by atoms with Crippen LogP contribution in [0.1, 0.15) is 35.2 Å². The first-order chi connectivity index (χ1) is 10.6. The molecule has 22 heavy (non-hydrogen) atoms. The van der Waals surface area contributed by atoms with Crippen molar-refractivity contribution in [3.63, 3.8) is 0 Å². The topological polar surface area (TPSA) is 43.4 Å². The average Bonchev–Trinajstić information content (AvgIpc) is 2.88. The number of fused-ring (bicyclic) bond motifs is 3. The summed E-state index contributed by atoms with van der Waals surface area (Å²) in [6.45, 7) is 0. The zero-order valence-electron chi connectivity index (χ0n) is 11.8. The molecule has 1 saturated carbocycles. The Morgan fingerprint density at radius 2 is 1.86 bits per heavy atom. The maximum atomic E-state index is 13.2. The van der Waals surface area contributed by atoms with Gasteiger partial charge in [0.1, 0.15) is 17.3 Å². The number of rotatable bonds is 0. The summed E-state index contributed by atoms with van der Waals surface area (Å²) < 4.78 is 5.96. The summed E-state index contributed by atoms with van der Waals surface area (Å²) in [4.78, 5) is 25.2. The van der Waals surface area contributed by atoms with Gasteiger partial charge in [0, 0.05) is 23.4 Å². The van der Waals surface area contributed by atoms with E-state index in [2.05, 4.69) is 0 Å². The van der Waals surface area contributed by atoms with E-state index in [1.165, 1.54) is 0 Å². The van der Waals surface area contributed by atoms with Gasteiger partial charge < -0.3 is 4.74 Å². The van der Waals surface area contributed by atoms with Crippen LogP contribution < -0.4 is 4.74 Å². The molecule has 1 aliphatic carbocycles. The second-order valence-corrected chi connectivity index (χ2v) is 6.30. The molecule has 1 heterocycles. The Kier molecular flexibility index (Phi) is 2.88. The van der Waals surface area contributed by atoms with Crippen LogP contribution in [0, 0.1) is 0 Å². The maximum absolute atomic E-state index is 13.2. The lowest BCUT2D eigenvalue weighted by atomic mass is 9.73. The van der Waals surface area contributed by atoms with Gasteiger partial charge in [0.25, 0.3) is 0 Å². The molecule has 0 radical (unpaired) electrons. The molecule has 4 heteroatoms. The molecule has 1 spiro atoms. The standard InChI is InChI=1S/C18H13ClO3/c19-11-5-6-15-13(9-11)17(21)18(8-7-12(20)10-18)14-3-1-2-4-16(14)22-15/h1-6,9H,7-8,10H2. The molecule has 0 bridgehead atoms. The minimum absolute atomic E-state index is 0.0687. The van der Waals surface area contributed by atoms with Crippen LogP contribution >= 0.6 is 11.6 Å². The van der Waals surface area contributed by atoms with Gasteiger partial charge in [0.2, 0.25) is 0 Å². The lowest BCUT2D eigenvalue weighted by Gasteiger charge is -2.26. The first kappa shape index (κ1) is 13.5. The number of hydrogen-bond donors (Lipinski definition) is 0. The van der Waals surface area contributed by atoms with E-state index in [4.69, 9.17) is 16.3 Å². The van der Waals surface area contributed by atoms with Crippen molar-refractivity contribution in [1.82, 2.24) is 0 Å². The van der Waals surface area contributed by atoms with Crippen LogP contribution in [-0.2, 0) is 10.2 Å². The van der Waals surface area contributed by atoms with Gasteiger partial charge in [0.05, 0.1) is 11.0 Å². The van der Waals surface area contributed by atoms with Gasteiger partial charge in [0.15, 0.2) is 5.78 Å². The van der Waals surface area contributed by atoms with Crippen molar-refractivity contribution < 1.29 is 14.3 Å². The fraction of sp³-hybridized carbons (Fsp3) is 0.222. The molecule has 110 valence electrons. The van der Waals surface area contributed by atoms with E-state index < -0.39 is 5.41 Å². The number of Topliss-reactive ketones (excluding diaryl/α,β-unsaturated/α-hetero) is 2. The van der Waals surface area contributed by atoms with Crippen molar-refractivity contribution in [3.8, 4) is 11.5 Å². The van der Waals surface area contributed by atoms with E-state index in [-0.39, 0.29) is 18.0 Å². The number of ether oxygens (including phenoxy) is 1. The fourth-order valence-electron chi connectivity index (χ4n) is 3.51. The predicted molar refractivity (Wildman–Crippen MR) is 82.8 cm³/mol. The van der Waals surface area contributed by atoms with Crippen molar-refractivity contribution in [1.29, 1.82) is 0 Å². The molecular formula is C18H13ClO3. The van der Waals surface area contributed by atoms with Crippen LogP contribution in [0.25, 0.3) is 0 Å². The van der Waals surface area contributed by atoms with Crippen LogP contribution in [0.4, 0.5) is 0 Å². The molecule has 0 saturated heterocycles. The fourth-order valence-corrected chi connectivity index (χ4v) is 3.68. The van der Waals surface area contributed by atoms with Crippen molar-refractivity contribution in [2.45, 2.75) is 24.7 Å². The van der Waals surface area contributed by atoms with Crippen LogP contribution in [0.3, 0.4) is 0 Å². The van der Waals surface area contributed by atoms with Gasteiger partial charge in [-0.2, -0.15) is 0 Å². The normalized spacial score (nSPS) is 23.0. The van der Waals surface area contributed by atoms with Gasteiger partial charge in [-0.25, -0.2) is 0 Å². The highest BCUT2D eigenvalue weighted by molar-refractivity contribution is 6.31. The third-order valence-electron chi connectivity index (χ3n) is 4.57. The summed E-state index contributed by atoms with van der Waals surface area (Å²) in [6, 6.07) is 12.5.